The van der Waals surface area contributed by atoms with E-state index in [0.717, 1.165) is 15.6 Å². The second-order valence-electron chi connectivity index (χ2n) is 4.67. The number of allylic oxidation sites excluding steroid dienone is 1. The molecule has 0 fully saturated rings. The van der Waals surface area contributed by atoms with Crippen molar-refractivity contribution in [2.75, 3.05) is 0 Å². The fraction of sp³-hybridized carbons (Fsp3) is 0. The summed E-state index contributed by atoms with van der Waals surface area (Å²) in [6.07, 6.45) is 3.14. The number of hydrogen-bond donors (Lipinski definition) is 1. The Kier molecular flexibility index (Phi) is 4.21. The Hall–Kier alpha value is -1.81. The van der Waals surface area contributed by atoms with Crippen molar-refractivity contribution < 1.29 is 9.90 Å². The number of rotatable bonds is 3. The minimum atomic E-state index is -0.350. The van der Waals surface area contributed by atoms with E-state index in [4.69, 9.17) is 23.2 Å². The number of phenolic OH excluding ortho intramolecular Hbond substituents is 1. The Morgan fingerprint density at radius 1 is 1.18 bits per heavy atom. The average Bonchev–Trinajstić information content (AvgIpc) is 2.91. The molecule has 0 aliphatic carbocycles. The fourth-order valence-corrected chi connectivity index (χ4v) is 3.56. The number of hydrogen-bond acceptors (Lipinski definition) is 3. The van der Waals surface area contributed by atoms with E-state index in [-0.39, 0.29) is 22.1 Å². The lowest BCUT2D eigenvalue weighted by Gasteiger charge is -2.03. The third kappa shape index (κ3) is 2.88. The zero-order chi connectivity index (χ0) is 15.7. The molecule has 3 aromatic rings. The van der Waals surface area contributed by atoms with Crippen LogP contribution in [0.25, 0.3) is 16.2 Å². The van der Waals surface area contributed by atoms with Crippen molar-refractivity contribution in [2.45, 2.75) is 0 Å². The summed E-state index contributed by atoms with van der Waals surface area (Å²) in [6.45, 7) is 0. The van der Waals surface area contributed by atoms with E-state index in [1.807, 2.05) is 29.6 Å². The molecule has 2 aromatic carbocycles. The second-order valence-corrected chi connectivity index (χ2v) is 6.42. The quantitative estimate of drug-likeness (QED) is 0.479. The number of carbonyl (C=O) groups excluding carboxylic acids is 1. The first kappa shape index (κ1) is 15.1. The van der Waals surface area contributed by atoms with Gasteiger partial charge in [-0.1, -0.05) is 41.4 Å². The smallest absolute Gasteiger partial charge is 0.189 e. The molecule has 0 unspecified atom stereocenters. The summed E-state index contributed by atoms with van der Waals surface area (Å²) in [5, 5.41) is 13.3. The van der Waals surface area contributed by atoms with E-state index in [9.17, 15) is 9.90 Å². The molecule has 0 saturated carbocycles. The average molecular weight is 349 g/mol. The van der Waals surface area contributed by atoms with Gasteiger partial charge >= 0.3 is 0 Å². The predicted octanol–water partition coefficient (Wildman–Crippen LogP) is 5.81. The number of halogens is 2. The Labute approximate surface area is 141 Å². The van der Waals surface area contributed by atoms with Crippen molar-refractivity contribution in [2.24, 2.45) is 0 Å². The van der Waals surface area contributed by atoms with Gasteiger partial charge in [0.05, 0.1) is 10.6 Å². The molecular weight excluding hydrogens is 339 g/mol. The van der Waals surface area contributed by atoms with Crippen LogP contribution in [0.5, 0.6) is 5.75 Å². The van der Waals surface area contributed by atoms with Crippen LogP contribution in [0.4, 0.5) is 0 Å². The van der Waals surface area contributed by atoms with Crippen LogP contribution >= 0.6 is 34.5 Å². The number of benzene rings is 2. The third-order valence-electron chi connectivity index (χ3n) is 3.22. The number of phenols is 1. The van der Waals surface area contributed by atoms with Crippen molar-refractivity contribution in [1.82, 2.24) is 0 Å². The first-order valence-corrected chi connectivity index (χ1v) is 8.06. The highest BCUT2D eigenvalue weighted by Gasteiger charge is 2.13. The Morgan fingerprint density at radius 3 is 2.77 bits per heavy atom. The molecule has 0 aliphatic heterocycles. The second kappa shape index (κ2) is 6.13. The number of aromatic hydroxyl groups is 1. The number of ketones is 1. The summed E-state index contributed by atoms with van der Waals surface area (Å²) in [5.74, 6) is -0.604. The van der Waals surface area contributed by atoms with Gasteiger partial charge in [0.1, 0.15) is 5.75 Å². The van der Waals surface area contributed by atoms with E-state index in [2.05, 4.69) is 0 Å². The Balaban J connectivity index is 1.94. The zero-order valence-electron chi connectivity index (χ0n) is 11.2. The largest absolute Gasteiger partial charge is 0.506 e. The first-order valence-electron chi connectivity index (χ1n) is 6.43. The van der Waals surface area contributed by atoms with Gasteiger partial charge in [-0.15, -0.1) is 11.3 Å². The van der Waals surface area contributed by atoms with Crippen LogP contribution in [-0.4, -0.2) is 10.9 Å². The lowest BCUT2D eigenvalue weighted by molar-refractivity contribution is 0.104. The summed E-state index contributed by atoms with van der Waals surface area (Å²) < 4.78 is 1.16. The van der Waals surface area contributed by atoms with Crippen LogP contribution < -0.4 is 0 Å². The fourth-order valence-electron chi connectivity index (χ4n) is 2.14. The van der Waals surface area contributed by atoms with E-state index in [1.165, 1.54) is 18.2 Å². The van der Waals surface area contributed by atoms with Gasteiger partial charge in [-0.2, -0.15) is 0 Å². The number of carbonyl (C=O) groups is 1. The van der Waals surface area contributed by atoms with Crippen LogP contribution in [0.3, 0.4) is 0 Å². The molecular formula is C17H10Cl2O2S. The van der Waals surface area contributed by atoms with Crippen molar-refractivity contribution in [3.8, 4) is 5.75 Å². The van der Waals surface area contributed by atoms with Gasteiger partial charge in [-0.05, 0) is 46.7 Å². The highest BCUT2D eigenvalue weighted by Crippen LogP contribution is 2.32. The van der Waals surface area contributed by atoms with Gasteiger partial charge in [0, 0.05) is 9.72 Å². The molecule has 1 aromatic heterocycles. The summed E-state index contributed by atoms with van der Waals surface area (Å²) in [7, 11) is 0. The molecule has 1 heterocycles. The van der Waals surface area contributed by atoms with Crippen molar-refractivity contribution in [1.29, 1.82) is 0 Å². The van der Waals surface area contributed by atoms with Crippen molar-refractivity contribution in [3.05, 3.63) is 69.0 Å². The molecule has 110 valence electrons. The SMILES string of the molecule is O=C(/C=C/c1csc2ccccc12)c1cc(Cl)cc(Cl)c1O. The van der Waals surface area contributed by atoms with Crippen LogP contribution in [-0.2, 0) is 0 Å². The third-order valence-corrected chi connectivity index (χ3v) is 4.71. The maximum absolute atomic E-state index is 12.2. The summed E-state index contributed by atoms with van der Waals surface area (Å²) in [6, 6.07) is 10.8. The van der Waals surface area contributed by atoms with Gasteiger partial charge in [-0.25, -0.2) is 0 Å². The lowest BCUT2D eigenvalue weighted by Crippen LogP contribution is -1.95. The standard InChI is InChI=1S/C17H10Cl2O2S/c18-11-7-13(17(21)14(19)8-11)15(20)6-5-10-9-22-16-4-2-1-3-12(10)16/h1-9,21H/b6-5+. The van der Waals surface area contributed by atoms with E-state index in [1.54, 1.807) is 17.4 Å². The van der Waals surface area contributed by atoms with Crippen molar-refractivity contribution in [3.63, 3.8) is 0 Å². The molecule has 5 heteroatoms. The molecule has 1 N–H and O–H groups in total. The van der Waals surface area contributed by atoms with Crippen LogP contribution in [0, 0.1) is 0 Å². The number of thiophene rings is 1. The maximum atomic E-state index is 12.2. The van der Waals surface area contributed by atoms with E-state index in [0.29, 0.717) is 5.02 Å². The molecule has 0 bridgehead atoms. The highest BCUT2D eigenvalue weighted by atomic mass is 35.5. The highest BCUT2D eigenvalue weighted by molar-refractivity contribution is 7.17. The zero-order valence-corrected chi connectivity index (χ0v) is 13.5. The molecule has 0 radical (unpaired) electrons. The molecule has 0 spiro atoms. The van der Waals surface area contributed by atoms with Gasteiger partial charge in [0.15, 0.2) is 5.78 Å². The molecule has 0 saturated heterocycles. The minimum absolute atomic E-state index is 0.0604. The van der Waals surface area contributed by atoms with Crippen LogP contribution in [0.15, 0.2) is 47.9 Å². The Morgan fingerprint density at radius 2 is 1.95 bits per heavy atom. The monoisotopic (exact) mass is 348 g/mol. The van der Waals surface area contributed by atoms with Gasteiger partial charge in [-0.3, -0.25) is 4.79 Å². The molecule has 22 heavy (non-hydrogen) atoms. The number of fused-ring (bicyclic) bond motifs is 1. The van der Waals surface area contributed by atoms with E-state index < -0.39 is 0 Å². The van der Waals surface area contributed by atoms with Gasteiger partial charge < -0.3 is 5.11 Å². The summed E-state index contributed by atoms with van der Waals surface area (Å²) in [5.41, 5.74) is 1.05. The summed E-state index contributed by atoms with van der Waals surface area (Å²) >= 11 is 13.3. The molecule has 3 rings (SSSR count). The van der Waals surface area contributed by atoms with Gasteiger partial charge in [0.25, 0.3) is 0 Å². The summed E-state index contributed by atoms with van der Waals surface area (Å²) in [4.78, 5) is 12.2. The van der Waals surface area contributed by atoms with Crippen LogP contribution in [0.1, 0.15) is 15.9 Å². The molecule has 0 amide bonds. The van der Waals surface area contributed by atoms with Crippen LogP contribution in [0.2, 0.25) is 10.0 Å². The first-order chi connectivity index (χ1) is 10.6. The predicted molar refractivity (Wildman–Crippen MR) is 93.3 cm³/mol. The maximum Gasteiger partial charge on any atom is 0.189 e. The normalized spacial score (nSPS) is 11.4. The molecule has 0 atom stereocenters. The Bertz CT molecular complexity index is 897. The van der Waals surface area contributed by atoms with Crippen molar-refractivity contribution >= 4 is 56.5 Å². The van der Waals surface area contributed by atoms with Gasteiger partial charge in [0.2, 0.25) is 0 Å². The molecule has 2 nitrogen and oxygen atoms in total. The minimum Gasteiger partial charge on any atom is -0.506 e. The molecule has 0 aliphatic rings. The lowest BCUT2D eigenvalue weighted by atomic mass is 10.1. The topological polar surface area (TPSA) is 37.3 Å². The van der Waals surface area contributed by atoms with E-state index >= 15 is 0 Å².